The van der Waals surface area contributed by atoms with Gasteiger partial charge < -0.3 is 4.90 Å². The van der Waals surface area contributed by atoms with Gasteiger partial charge in [-0.2, -0.15) is 4.31 Å². The van der Waals surface area contributed by atoms with Crippen LogP contribution in [0.2, 0.25) is 0 Å². The Hall–Kier alpha value is -2.25. The quantitative estimate of drug-likeness (QED) is 0.842. The Labute approximate surface area is 146 Å². The summed E-state index contributed by atoms with van der Waals surface area (Å²) in [4.78, 5) is 14.3. The van der Waals surface area contributed by atoms with E-state index in [4.69, 9.17) is 0 Å². The maximum absolute atomic E-state index is 13.3. The van der Waals surface area contributed by atoms with Crippen molar-refractivity contribution < 1.29 is 17.6 Å². The van der Waals surface area contributed by atoms with Crippen LogP contribution in [-0.4, -0.2) is 49.7 Å². The second kappa shape index (κ2) is 6.93. The highest BCUT2D eigenvalue weighted by Crippen LogP contribution is 2.21. The summed E-state index contributed by atoms with van der Waals surface area (Å²) in [5, 5.41) is 0. The smallest absolute Gasteiger partial charge is 0.254 e. The first kappa shape index (κ1) is 17.6. The van der Waals surface area contributed by atoms with Gasteiger partial charge in [0.1, 0.15) is 5.82 Å². The number of aryl methyl sites for hydroxylation is 1. The third-order valence-electron chi connectivity index (χ3n) is 4.31. The third-order valence-corrected chi connectivity index (χ3v) is 6.37. The van der Waals surface area contributed by atoms with Crippen molar-refractivity contribution in [2.45, 2.75) is 11.8 Å². The van der Waals surface area contributed by atoms with Crippen LogP contribution in [0, 0.1) is 12.7 Å². The molecule has 132 valence electrons. The minimum absolute atomic E-state index is 0.220. The molecule has 5 nitrogen and oxygen atoms in total. The molecule has 25 heavy (non-hydrogen) atoms. The lowest BCUT2D eigenvalue weighted by molar-refractivity contribution is 0.0697. The Morgan fingerprint density at radius 1 is 1.00 bits per heavy atom. The predicted molar refractivity (Wildman–Crippen MR) is 92.2 cm³/mol. The molecule has 1 saturated heterocycles. The van der Waals surface area contributed by atoms with Crippen molar-refractivity contribution in [2.24, 2.45) is 0 Å². The lowest BCUT2D eigenvalue weighted by Crippen LogP contribution is -2.50. The number of hydrogen-bond donors (Lipinski definition) is 0. The molecular formula is C18H19FN2O3S. The van der Waals surface area contributed by atoms with E-state index in [0.717, 1.165) is 0 Å². The van der Waals surface area contributed by atoms with Crippen molar-refractivity contribution in [3.63, 3.8) is 0 Å². The second-order valence-corrected chi connectivity index (χ2v) is 7.88. The predicted octanol–water partition coefficient (Wildman–Crippen LogP) is 2.28. The fourth-order valence-corrected chi connectivity index (χ4v) is 4.57. The number of piperazine rings is 1. The van der Waals surface area contributed by atoms with Gasteiger partial charge in [-0.05, 0) is 36.8 Å². The number of hydrogen-bond acceptors (Lipinski definition) is 3. The lowest BCUT2D eigenvalue weighted by Gasteiger charge is -2.34. The third kappa shape index (κ3) is 3.57. The van der Waals surface area contributed by atoms with Crippen molar-refractivity contribution in [1.29, 1.82) is 0 Å². The summed E-state index contributed by atoms with van der Waals surface area (Å²) in [6.07, 6.45) is 0. The molecule has 1 aliphatic rings. The van der Waals surface area contributed by atoms with Gasteiger partial charge in [-0.3, -0.25) is 4.79 Å². The molecule has 0 aliphatic carbocycles. The average molecular weight is 362 g/mol. The van der Waals surface area contributed by atoms with Gasteiger partial charge in [0.25, 0.3) is 5.91 Å². The molecule has 0 bridgehead atoms. The largest absolute Gasteiger partial charge is 0.336 e. The summed E-state index contributed by atoms with van der Waals surface area (Å²) in [6, 6.07) is 12.4. The van der Waals surface area contributed by atoms with Gasteiger partial charge >= 0.3 is 0 Å². The summed E-state index contributed by atoms with van der Waals surface area (Å²) in [5.41, 5.74) is 0.968. The number of nitrogens with zero attached hydrogens (tertiary/aromatic N) is 2. The van der Waals surface area contributed by atoms with Crippen molar-refractivity contribution >= 4 is 15.9 Å². The van der Waals surface area contributed by atoms with Crippen molar-refractivity contribution in [1.82, 2.24) is 9.21 Å². The Bertz CT molecular complexity index is 891. The molecular weight excluding hydrogens is 343 g/mol. The Kier molecular flexibility index (Phi) is 4.87. The number of amides is 1. The lowest BCUT2D eigenvalue weighted by atomic mass is 10.2. The molecule has 2 aromatic rings. The van der Waals surface area contributed by atoms with Crippen LogP contribution in [0.25, 0.3) is 0 Å². The zero-order valence-electron chi connectivity index (χ0n) is 13.9. The highest BCUT2D eigenvalue weighted by molar-refractivity contribution is 7.89. The summed E-state index contributed by atoms with van der Waals surface area (Å²) in [6.45, 7) is 2.76. The molecule has 0 N–H and O–H groups in total. The van der Waals surface area contributed by atoms with E-state index in [2.05, 4.69) is 0 Å². The van der Waals surface area contributed by atoms with E-state index in [9.17, 15) is 17.6 Å². The fourth-order valence-electron chi connectivity index (χ4n) is 2.92. The van der Waals surface area contributed by atoms with Crippen LogP contribution >= 0.6 is 0 Å². The van der Waals surface area contributed by atoms with E-state index in [-0.39, 0.29) is 37.6 Å². The van der Waals surface area contributed by atoms with Gasteiger partial charge in [-0.25, -0.2) is 12.8 Å². The SMILES string of the molecule is Cc1ccccc1S(=O)(=O)N1CCN(C(=O)c2cccc(F)c2)CC1. The number of benzene rings is 2. The van der Waals surface area contributed by atoms with Crippen LogP contribution in [0.1, 0.15) is 15.9 Å². The molecule has 2 aromatic carbocycles. The van der Waals surface area contributed by atoms with Crippen LogP contribution in [0.4, 0.5) is 4.39 Å². The number of rotatable bonds is 3. The topological polar surface area (TPSA) is 57.7 Å². The Morgan fingerprint density at radius 2 is 1.68 bits per heavy atom. The van der Waals surface area contributed by atoms with Gasteiger partial charge in [0.2, 0.25) is 10.0 Å². The molecule has 0 radical (unpaired) electrons. The van der Waals surface area contributed by atoms with Crippen LogP contribution in [-0.2, 0) is 10.0 Å². The minimum Gasteiger partial charge on any atom is -0.336 e. The van der Waals surface area contributed by atoms with E-state index in [1.807, 2.05) is 0 Å². The fraction of sp³-hybridized carbons (Fsp3) is 0.278. The van der Waals surface area contributed by atoms with Gasteiger partial charge in [0.15, 0.2) is 0 Å². The molecule has 0 spiro atoms. The Balaban J connectivity index is 1.72. The van der Waals surface area contributed by atoms with Crippen LogP contribution in [0.3, 0.4) is 0 Å². The normalized spacial score (nSPS) is 16.0. The molecule has 0 atom stereocenters. The zero-order valence-corrected chi connectivity index (χ0v) is 14.7. The van der Waals surface area contributed by atoms with Crippen LogP contribution < -0.4 is 0 Å². The van der Waals surface area contributed by atoms with Crippen LogP contribution in [0.15, 0.2) is 53.4 Å². The zero-order chi connectivity index (χ0) is 18.0. The van der Waals surface area contributed by atoms with E-state index in [0.29, 0.717) is 10.5 Å². The van der Waals surface area contributed by atoms with E-state index < -0.39 is 15.8 Å². The highest BCUT2D eigenvalue weighted by Gasteiger charge is 2.31. The maximum atomic E-state index is 13.3. The van der Waals surface area contributed by atoms with Crippen molar-refractivity contribution in [2.75, 3.05) is 26.2 Å². The molecule has 3 rings (SSSR count). The minimum atomic E-state index is -3.58. The molecule has 1 amide bonds. The molecule has 0 unspecified atom stereocenters. The standard InChI is InChI=1S/C18H19FN2O3S/c1-14-5-2-3-8-17(14)25(23,24)21-11-9-20(10-12-21)18(22)15-6-4-7-16(19)13-15/h2-8,13H,9-12H2,1H3. The van der Waals surface area contributed by atoms with E-state index >= 15 is 0 Å². The second-order valence-electron chi connectivity index (χ2n) is 5.97. The molecule has 1 fully saturated rings. The monoisotopic (exact) mass is 362 g/mol. The molecule has 0 saturated carbocycles. The first-order valence-electron chi connectivity index (χ1n) is 8.00. The number of carbonyl (C=O) groups excluding carboxylic acids is 1. The summed E-state index contributed by atoms with van der Waals surface area (Å²) in [7, 11) is -3.58. The first-order valence-corrected chi connectivity index (χ1v) is 9.44. The van der Waals surface area contributed by atoms with Crippen LogP contribution in [0.5, 0.6) is 0 Å². The van der Waals surface area contributed by atoms with Crippen molar-refractivity contribution in [3.8, 4) is 0 Å². The van der Waals surface area contributed by atoms with Gasteiger partial charge in [-0.1, -0.05) is 24.3 Å². The number of sulfonamides is 1. The number of halogens is 1. The summed E-state index contributed by atoms with van der Waals surface area (Å²) < 4.78 is 40.2. The van der Waals surface area contributed by atoms with Gasteiger partial charge in [0, 0.05) is 31.7 Å². The highest BCUT2D eigenvalue weighted by atomic mass is 32.2. The molecule has 1 aliphatic heterocycles. The maximum Gasteiger partial charge on any atom is 0.254 e. The molecule has 7 heteroatoms. The van der Waals surface area contributed by atoms with E-state index in [1.165, 1.54) is 22.5 Å². The Morgan fingerprint density at radius 3 is 2.32 bits per heavy atom. The summed E-state index contributed by atoms with van der Waals surface area (Å²) >= 11 is 0. The van der Waals surface area contributed by atoms with E-state index in [1.54, 1.807) is 42.2 Å². The average Bonchev–Trinajstić information content (AvgIpc) is 2.61. The molecule has 0 aromatic heterocycles. The summed E-state index contributed by atoms with van der Waals surface area (Å²) in [5.74, 6) is -0.751. The molecule has 1 heterocycles. The van der Waals surface area contributed by atoms with Gasteiger partial charge in [-0.15, -0.1) is 0 Å². The first-order chi connectivity index (χ1) is 11.9. The van der Waals surface area contributed by atoms with Gasteiger partial charge in [0.05, 0.1) is 4.90 Å². The number of carbonyl (C=O) groups is 1. The van der Waals surface area contributed by atoms with Crippen molar-refractivity contribution in [3.05, 3.63) is 65.5 Å².